The van der Waals surface area contributed by atoms with Crippen LogP contribution in [0.5, 0.6) is 5.75 Å². The molecule has 0 radical (unpaired) electrons. The molecule has 29 heavy (non-hydrogen) atoms. The van der Waals surface area contributed by atoms with E-state index in [1.54, 1.807) is 11.3 Å². The number of benzene rings is 1. The topological polar surface area (TPSA) is 9.23 Å². The van der Waals surface area contributed by atoms with Gasteiger partial charge in [-0.25, -0.2) is 0 Å². The molecule has 0 aliphatic carbocycles. The lowest BCUT2D eigenvalue weighted by Crippen LogP contribution is -1.97. The molecule has 0 bridgehead atoms. The van der Waals surface area contributed by atoms with Gasteiger partial charge >= 0.3 is 0 Å². The molecule has 0 saturated heterocycles. The van der Waals surface area contributed by atoms with Gasteiger partial charge in [0.1, 0.15) is 5.75 Å². The highest BCUT2D eigenvalue weighted by Gasteiger charge is 2.07. The minimum atomic E-state index is 0.842. The van der Waals surface area contributed by atoms with Gasteiger partial charge in [-0.15, -0.1) is 11.3 Å². The Morgan fingerprint density at radius 2 is 1.14 bits per heavy atom. The van der Waals surface area contributed by atoms with E-state index in [9.17, 15) is 0 Å². The third-order valence-corrected chi connectivity index (χ3v) is 6.62. The Labute approximate surface area is 183 Å². The molecule has 0 saturated carbocycles. The van der Waals surface area contributed by atoms with Crippen molar-refractivity contribution in [3.05, 3.63) is 41.8 Å². The zero-order chi connectivity index (χ0) is 20.4. The highest BCUT2D eigenvalue weighted by molar-refractivity contribution is 7.14. The number of hydrogen-bond donors (Lipinski definition) is 0. The first-order chi connectivity index (χ1) is 14.4. The highest BCUT2D eigenvalue weighted by atomic mass is 32.1. The molecule has 2 rings (SSSR count). The normalized spacial score (nSPS) is 11.1. The van der Waals surface area contributed by atoms with Crippen LogP contribution in [-0.2, 0) is 0 Å². The smallest absolute Gasteiger partial charge is 0.137 e. The van der Waals surface area contributed by atoms with Crippen molar-refractivity contribution in [3.8, 4) is 16.2 Å². The Morgan fingerprint density at radius 1 is 0.621 bits per heavy atom. The van der Waals surface area contributed by atoms with Crippen molar-refractivity contribution in [1.82, 2.24) is 0 Å². The number of unbranched alkanes of at least 4 members (excludes halogenated alkanes) is 14. The van der Waals surface area contributed by atoms with Gasteiger partial charge in [-0.1, -0.05) is 127 Å². The summed E-state index contributed by atoms with van der Waals surface area (Å²) in [7, 11) is 0. The van der Waals surface area contributed by atoms with Crippen LogP contribution in [0.2, 0.25) is 0 Å². The Hall–Kier alpha value is -1.28. The molecule has 1 aromatic carbocycles. The van der Waals surface area contributed by atoms with Gasteiger partial charge in [-0.3, -0.25) is 0 Å². The number of thiophene rings is 1. The molecule has 1 aromatic heterocycles. The Bertz CT molecular complexity index is 604. The summed E-state index contributed by atoms with van der Waals surface area (Å²) in [5.41, 5.74) is 1.26. The first kappa shape index (κ1) is 24.0. The third-order valence-electron chi connectivity index (χ3n) is 5.67. The summed E-state index contributed by atoms with van der Waals surface area (Å²) in [6, 6.07) is 12.7. The van der Waals surface area contributed by atoms with Crippen molar-refractivity contribution < 1.29 is 4.74 Å². The second-order valence-electron chi connectivity index (χ2n) is 8.28. The SMILES string of the molecule is CCCCCCCCCCCCCCCCCOc1ccsc1-c1ccccc1. The van der Waals surface area contributed by atoms with E-state index in [2.05, 4.69) is 48.7 Å². The van der Waals surface area contributed by atoms with Crippen LogP contribution in [0, 0.1) is 0 Å². The van der Waals surface area contributed by atoms with Crippen molar-refractivity contribution in [2.75, 3.05) is 6.61 Å². The van der Waals surface area contributed by atoms with Crippen LogP contribution in [0.4, 0.5) is 0 Å². The molecule has 1 nitrogen and oxygen atoms in total. The van der Waals surface area contributed by atoms with Crippen LogP contribution in [-0.4, -0.2) is 6.61 Å². The average Bonchev–Trinajstić information content (AvgIpc) is 3.22. The zero-order valence-corrected chi connectivity index (χ0v) is 19.5. The zero-order valence-electron chi connectivity index (χ0n) is 18.7. The van der Waals surface area contributed by atoms with E-state index in [0.717, 1.165) is 12.4 Å². The number of rotatable bonds is 18. The van der Waals surface area contributed by atoms with E-state index < -0.39 is 0 Å². The predicted molar refractivity (Wildman–Crippen MR) is 130 cm³/mol. The van der Waals surface area contributed by atoms with Crippen LogP contribution >= 0.6 is 11.3 Å². The van der Waals surface area contributed by atoms with Gasteiger partial charge in [0, 0.05) is 0 Å². The molecule has 0 N–H and O–H groups in total. The number of ether oxygens (including phenoxy) is 1. The van der Waals surface area contributed by atoms with E-state index in [-0.39, 0.29) is 0 Å². The monoisotopic (exact) mass is 414 g/mol. The van der Waals surface area contributed by atoms with Crippen molar-refractivity contribution in [2.45, 2.75) is 103 Å². The molecule has 0 amide bonds. The van der Waals surface area contributed by atoms with E-state index in [1.165, 1.54) is 107 Å². The van der Waals surface area contributed by atoms with E-state index >= 15 is 0 Å². The molecule has 0 aliphatic heterocycles. The van der Waals surface area contributed by atoms with Gasteiger partial charge in [0.05, 0.1) is 11.5 Å². The maximum Gasteiger partial charge on any atom is 0.137 e. The summed E-state index contributed by atoms with van der Waals surface area (Å²) in [6.45, 7) is 3.13. The fourth-order valence-corrected chi connectivity index (χ4v) is 4.71. The Balaban J connectivity index is 1.38. The molecule has 0 unspecified atom stereocenters. The van der Waals surface area contributed by atoms with Crippen LogP contribution in [0.15, 0.2) is 41.8 Å². The van der Waals surface area contributed by atoms with Crippen molar-refractivity contribution in [3.63, 3.8) is 0 Å². The maximum absolute atomic E-state index is 6.06. The third kappa shape index (κ3) is 10.9. The summed E-state index contributed by atoms with van der Waals surface area (Å²) in [5, 5.41) is 2.13. The minimum absolute atomic E-state index is 0.842. The molecular weight excluding hydrogens is 372 g/mol. The van der Waals surface area contributed by atoms with Gasteiger partial charge in [0.2, 0.25) is 0 Å². The van der Waals surface area contributed by atoms with Gasteiger partial charge in [0.25, 0.3) is 0 Å². The molecular formula is C27H42OS. The molecule has 0 aliphatic rings. The summed E-state index contributed by atoms with van der Waals surface area (Å²) in [6.07, 6.45) is 21.0. The summed E-state index contributed by atoms with van der Waals surface area (Å²) in [5.74, 6) is 1.05. The maximum atomic E-state index is 6.06. The first-order valence-electron chi connectivity index (χ1n) is 12.2. The molecule has 0 atom stereocenters. The van der Waals surface area contributed by atoms with E-state index in [0.29, 0.717) is 0 Å². The van der Waals surface area contributed by atoms with Crippen LogP contribution in [0.3, 0.4) is 0 Å². The fraction of sp³-hybridized carbons (Fsp3) is 0.630. The molecule has 2 aromatic rings. The summed E-state index contributed by atoms with van der Waals surface area (Å²) in [4.78, 5) is 1.26. The van der Waals surface area contributed by atoms with Crippen LogP contribution < -0.4 is 4.74 Å². The molecule has 0 fully saturated rings. The van der Waals surface area contributed by atoms with E-state index in [4.69, 9.17) is 4.74 Å². The van der Waals surface area contributed by atoms with Crippen molar-refractivity contribution in [1.29, 1.82) is 0 Å². The lowest BCUT2D eigenvalue weighted by molar-refractivity contribution is 0.306. The summed E-state index contributed by atoms with van der Waals surface area (Å²) < 4.78 is 6.06. The standard InChI is InChI=1S/C27H42OS/c1-2-3-4-5-6-7-8-9-10-11-12-13-14-15-19-23-28-26-22-24-29-27(26)25-20-17-16-18-21-25/h16-18,20-22,24H,2-15,19,23H2,1H3. The fourth-order valence-electron chi connectivity index (χ4n) is 3.87. The molecule has 2 heteroatoms. The highest BCUT2D eigenvalue weighted by Crippen LogP contribution is 2.35. The first-order valence-corrected chi connectivity index (χ1v) is 13.1. The van der Waals surface area contributed by atoms with Gasteiger partial charge in [0.15, 0.2) is 0 Å². The summed E-state index contributed by atoms with van der Waals surface area (Å²) >= 11 is 1.77. The Morgan fingerprint density at radius 3 is 1.69 bits per heavy atom. The Kier molecular flexibility index (Phi) is 13.7. The van der Waals surface area contributed by atoms with Crippen molar-refractivity contribution in [2.24, 2.45) is 0 Å². The predicted octanol–water partition coefficient (Wildman–Crippen LogP) is 9.67. The quantitative estimate of drug-likeness (QED) is 0.221. The van der Waals surface area contributed by atoms with E-state index in [1.807, 2.05) is 0 Å². The average molecular weight is 415 g/mol. The second kappa shape index (κ2) is 16.5. The van der Waals surface area contributed by atoms with Gasteiger partial charge in [-0.05, 0) is 23.4 Å². The van der Waals surface area contributed by atoms with Gasteiger partial charge < -0.3 is 4.74 Å². The lowest BCUT2D eigenvalue weighted by Gasteiger charge is -2.07. The van der Waals surface area contributed by atoms with Gasteiger partial charge in [-0.2, -0.15) is 0 Å². The van der Waals surface area contributed by atoms with Crippen molar-refractivity contribution >= 4 is 11.3 Å². The largest absolute Gasteiger partial charge is 0.492 e. The molecule has 1 heterocycles. The number of hydrogen-bond acceptors (Lipinski definition) is 2. The molecule has 0 spiro atoms. The van der Waals surface area contributed by atoms with Crippen LogP contribution in [0.1, 0.15) is 103 Å². The van der Waals surface area contributed by atoms with Crippen LogP contribution in [0.25, 0.3) is 10.4 Å². The molecule has 162 valence electrons. The lowest BCUT2D eigenvalue weighted by atomic mass is 10.0. The minimum Gasteiger partial charge on any atom is -0.492 e. The second-order valence-corrected chi connectivity index (χ2v) is 9.19.